The normalized spacial score (nSPS) is 30.5. The number of hydrogen-bond acceptors (Lipinski definition) is 5. The van der Waals surface area contributed by atoms with Crippen LogP contribution in [0.3, 0.4) is 0 Å². The van der Waals surface area contributed by atoms with Crippen molar-refractivity contribution >= 4 is 28.8 Å². The van der Waals surface area contributed by atoms with Crippen LogP contribution in [-0.4, -0.2) is 33.6 Å². The first-order valence-electron chi connectivity index (χ1n) is 10.3. The Balaban J connectivity index is 1.33. The number of carbonyl (C=O) groups is 1. The number of rotatable bonds is 6. The SMILES string of the molecule is N#CCCN(C(=O)CSc1nc2ccccc2o1)C12CC3CC(CC(C3)C1)C2. The number of hydrogen-bond donors (Lipinski definition) is 0. The number of carbonyl (C=O) groups excluding carboxylic acids is 1. The van der Waals surface area contributed by atoms with Gasteiger partial charge in [-0.25, -0.2) is 4.98 Å². The molecule has 4 saturated carbocycles. The third-order valence-electron chi connectivity index (χ3n) is 6.92. The highest BCUT2D eigenvalue weighted by Crippen LogP contribution is 2.57. The quantitative estimate of drug-likeness (QED) is 0.667. The van der Waals surface area contributed by atoms with Gasteiger partial charge in [0.15, 0.2) is 5.58 Å². The topological polar surface area (TPSA) is 70.1 Å². The number of nitriles is 1. The summed E-state index contributed by atoms with van der Waals surface area (Å²) in [6.07, 6.45) is 7.82. The number of para-hydroxylation sites is 2. The number of oxazole rings is 1. The van der Waals surface area contributed by atoms with Gasteiger partial charge in [0.2, 0.25) is 5.91 Å². The van der Waals surface area contributed by atoms with E-state index in [1.54, 1.807) is 0 Å². The zero-order chi connectivity index (χ0) is 19.1. The van der Waals surface area contributed by atoms with Gasteiger partial charge in [-0.15, -0.1) is 0 Å². The Labute approximate surface area is 169 Å². The number of nitrogens with zero attached hydrogens (tertiary/aromatic N) is 3. The fourth-order valence-electron chi connectivity index (χ4n) is 6.30. The van der Waals surface area contributed by atoms with Crippen molar-refractivity contribution in [2.24, 2.45) is 17.8 Å². The zero-order valence-electron chi connectivity index (χ0n) is 16.0. The van der Waals surface area contributed by atoms with E-state index in [1.807, 2.05) is 24.3 Å². The molecule has 0 radical (unpaired) electrons. The number of aromatic nitrogens is 1. The predicted molar refractivity (Wildman–Crippen MR) is 108 cm³/mol. The molecule has 4 aliphatic rings. The molecule has 0 spiro atoms. The van der Waals surface area contributed by atoms with Crippen LogP contribution in [-0.2, 0) is 4.79 Å². The number of benzene rings is 1. The van der Waals surface area contributed by atoms with Gasteiger partial charge in [-0.1, -0.05) is 23.9 Å². The molecule has 146 valence electrons. The molecule has 1 aromatic carbocycles. The van der Waals surface area contributed by atoms with Crippen molar-refractivity contribution in [3.8, 4) is 6.07 Å². The molecule has 6 rings (SSSR count). The summed E-state index contributed by atoms with van der Waals surface area (Å²) in [6.45, 7) is 0.551. The van der Waals surface area contributed by atoms with Crippen LogP contribution in [0.4, 0.5) is 0 Å². The summed E-state index contributed by atoms with van der Waals surface area (Å²) < 4.78 is 5.76. The Morgan fingerprint density at radius 2 is 1.89 bits per heavy atom. The fourth-order valence-corrected chi connectivity index (χ4v) is 7.01. The number of amides is 1. The average Bonchev–Trinajstić information content (AvgIpc) is 3.08. The maximum absolute atomic E-state index is 13.3. The van der Waals surface area contributed by atoms with Gasteiger partial charge in [0, 0.05) is 12.1 Å². The lowest BCUT2D eigenvalue weighted by molar-refractivity contribution is -0.147. The lowest BCUT2D eigenvalue weighted by Crippen LogP contribution is -2.62. The van der Waals surface area contributed by atoms with E-state index < -0.39 is 0 Å². The maximum atomic E-state index is 13.3. The third kappa shape index (κ3) is 3.20. The van der Waals surface area contributed by atoms with Crippen LogP contribution < -0.4 is 0 Å². The molecule has 4 aliphatic carbocycles. The van der Waals surface area contributed by atoms with E-state index in [-0.39, 0.29) is 11.4 Å². The van der Waals surface area contributed by atoms with Crippen LogP contribution in [0.1, 0.15) is 44.9 Å². The first-order valence-corrected chi connectivity index (χ1v) is 11.3. The molecule has 1 amide bonds. The van der Waals surface area contributed by atoms with Gasteiger partial charge in [-0.3, -0.25) is 4.79 Å². The highest BCUT2D eigenvalue weighted by atomic mass is 32.2. The lowest BCUT2D eigenvalue weighted by Gasteiger charge is -2.60. The second kappa shape index (κ2) is 7.11. The molecule has 0 atom stereocenters. The minimum Gasteiger partial charge on any atom is -0.431 e. The second-order valence-corrected chi connectivity index (χ2v) is 9.76. The fraction of sp³-hybridized carbons (Fsp3) is 0.591. The Hall–Kier alpha value is -2.00. The van der Waals surface area contributed by atoms with Gasteiger partial charge in [0.05, 0.1) is 18.2 Å². The van der Waals surface area contributed by atoms with E-state index in [1.165, 1.54) is 31.0 Å². The largest absolute Gasteiger partial charge is 0.431 e. The summed E-state index contributed by atoms with van der Waals surface area (Å²) in [7, 11) is 0. The summed E-state index contributed by atoms with van der Waals surface area (Å²) in [6, 6.07) is 9.90. The Bertz CT molecular complexity index is 863. The smallest absolute Gasteiger partial charge is 0.257 e. The van der Waals surface area contributed by atoms with Gasteiger partial charge in [-0.05, 0) is 68.4 Å². The molecule has 0 unspecified atom stereocenters. The summed E-state index contributed by atoms with van der Waals surface area (Å²) in [5.41, 5.74) is 1.56. The van der Waals surface area contributed by atoms with Crippen LogP contribution in [0.5, 0.6) is 0 Å². The van der Waals surface area contributed by atoms with Crippen molar-refractivity contribution in [3.63, 3.8) is 0 Å². The molecule has 2 aromatic rings. The Morgan fingerprint density at radius 1 is 1.21 bits per heavy atom. The van der Waals surface area contributed by atoms with E-state index >= 15 is 0 Å². The van der Waals surface area contributed by atoms with Gasteiger partial charge in [0.1, 0.15) is 5.52 Å². The van der Waals surface area contributed by atoms with Crippen LogP contribution in [0.2, 0.25) is 0 Å². The van der Waals surface area contributed by atoms with Crippen LogP contribution >= 0.6 is 11.8 Å². The molecule has 1 aromatic heterocycles. The van der Waals surface area contributed by atoms with Crippen molar-refractivity contribution in [3.05, 3.63) is 24.3 Å². The van der Waals surface area contributed by atoms with Crippen molar-refractivity contribution in [2.75, 3.05) is 12.3 Å². The van der Waals surface area contributed by atoms with E-state index in [2.05, 4.69) is 16.0 Å². The third-order valence-corrected chi connectivity index (χ3v) is 7.73. The van der Waals surface area contributed by atoms with Crippen molar-refractivity contribution in [2.45, 2.75) is 55.7 Å². The first-order chi connectivity index (χ1) is 13.6. The molecule has 6 heteroatoms. The van der Waals surface area contributed by atoms with Crippen LogP contribution in [0, 0.1) is 29.1 Å². The molecule has 0 saturated heterocycles. The molecule has 0 N–H and O–H groups in total. The van der Waals surface area contributed by atoms with E-state index in [4.69, 9.17) is 9.68 Å². The Morgan fingerprint density at radius 3 is 2.54 bits per heavy atom. The highest BCUT2D eigenvalue weighted by Gasteiger charge is 2.54. The molecular weight excluding hydrogens is 370 g/mol. The molecule has 0 aliphatic heterocycles. The zero-order valence-corrected chi connectivity index (χ0v) is 16.8. The minimum atomic E-state index is -0.00938. The molecule has 4 fully saturated rings. The summed E-state index contributed by atoms with van der Waals surface area (Å²) in [4.78, 5) is 19.8. The van der Waals surface area contributed by atoms with Gasteiger partial charge in [0.25, 0.3) is 5.22 Å². The average molecular weight is 396 g/mol. The van der Waals surface area contributed by atoms with E-state index in [0.717, 1.165) is 48.1 Å². The number of thioether (sulfide) groups is 1. The first kappa shape index (κ1) is 18.1. The summed E-state index contributed by atoms with van der Waals surface area (Å²) in [5.74, 6) is 2.76. The second-order valence-electron chi connectivity index (χ2n) is 8.83. The van der Waals surface area contributed by atoms with Gasteiger partial charge >= 0.3 is 0 Å². The van der Waals surface area contributed by atoms with Crippen molar-refractivity contribution in [1.82, 2.24) is 9.88 Å². The standard InChI is InChI=1S/C22H25N3O2S/c23-6-3-7-25(22-11-15-8-16(12-22)10-17(9-15)13-22)20(26)14-28-21-24-18-4-1-2-5-19(18)27-21/h1-2,4-5,15-17H,3,7-14H2. The van der Waals surface area contributed by atoms with E-state index in [9.17, 15) is 4.79 Å². The van der Waals surface area contributed by atoms with E-state index in [0.29, 0.717) is 23.9 Å². The molecule has 4 bridgehead atoms. The van der Waals surface area contributed by atoms with Crippen molar-refractivity contribution < 1.29 is 9.21 Å². The highest BCUT2D eigenvalue weighted by molar-refractivity contribution is 7.99. The number of fused-ring (bicyclic) bond motifs is 1. The predicted octanol–water partition coefficient (Wildman–Crippen LogP) is 4.63. The minimum absolute atomic E-state index is 0.00938. The molecular formula is C22H25N3O2S. The van der Waals surface area contributed by atoms with Crippen LogP contribution in [0.15, 0.2) is 33.9 Å². The molecule has 5 nitrogen and oxygen atoms in total. The molecule has 28 heavy (non-hydrogen) atoms. The van der Waals surface area contributed by atoms with Crippen LogP contribution in [0.25, 0.3) is 11.1 Å². The van der Waals surface area contributed by atoms with Gasteiger partial charge in [-0.2, -0.15) is 5.26 Å². The maximum Gasteiger partial charge on any atom is 0.257 e. The molecule has 1 heterocycles. The summed E-state index contributed by atoms with van der Waals surface area (Å²) in [5, 5.41) is 9.69. The summed E-state index contributed by atoms with van der Waals surface area (Å²) >= 11 is 1.37. The van der Waals surface area contributed by atoms with Gasteiger partial charge < -0.3 is 9.32 Å². The monoisotopic (exact) mass is 395 g/mol. The lowest BCUT2D eigenvalue weighted by atomic mass is 9.52. The Kier molecular flexibility index (Phi) is 4.59. The van der Waals surface area contributed by atoms with Crippen molar-refractivity contribution in [1.29, 1.82) is 5.26 Å².